The van der Waals surface area contributed by atoms with Crippen LogP contribution in [-0.2, 0) is 24.3 Å². The van der Waals surface area contributed by atoms with Crippen molar-refractivity contribution in [2.75, 3.05) is 25.1 Å². The summed E-state index contributed by atoms with van der Waals surface area (Å²) >= 11 is 0. The fourth-order valence-corrected chi connectivity index (χ4v) is 4.12. The number of ether oxygens (including phenoxy) is 1. The molecule has 0 saturated carbocycles. The second-order valence-electron chi connectivity index (χ2n) is 8.53. The zero-order valence-corrected chi connectivity index (χ0v) is 19.4. The fourth-order valence-electron chi connectivity index (χ4n) is 4.12. The minimum atomic E-state index is 0.0670. The van der Waals surface area contributed by atoms with E-state index in [0.717, 1.165) is 28.1 Å². The lowest BCUT2D eigenvalue weighted by atomic mass is 10.0. The number of amides is 1. The van der Waals surface area contributed by atoms with Gasteiger partial charge in [0, 0.05) is 24.2 Å². The number of para-hydroxylation sites is 1. The van der Waals surface area contributed by atoms with Gasteiger partial charge in [-0.3, -0.25) is 14.6 Å². The lowest BCUT2D eigenvalue weighted by molar-refractivity contribution is -0.119. The molecule has 0 unspecified atom stereocenters. The van der Waals surface area contributed by atoms with Crippen molar-refractivity contribution >= 4 is 11.7 Å². The SMILES string of the molecule is Cc1ccccc1OCCN1C(=O)CCc2c(C)nc(CN(C)Cc3ccc(O)cc3)nc21. The second-order valence-corrected chi connectivity index (χ2v) is 8.53. The quantitative estimate of drug-likeness (QED) is 0.567. The van der Waals surface area contributed by atoms with E-state index >= 15 is 0 Å². The number of anilines is 1. The van der Waals surface area contributed by atoms with Crippen LogP contribution in [0.25, 0.3) is 0 Å². The van der Waals surface area contributed by atoms with Crippen LogP contribution in [-0.4, -0.2) is 46.1 Å². The molecule has 0 saturated heterocycles. The van der Waals surface area contributed by atoms with Crippen LogP contribution in [0.1, 0.15) is 34.6 Å². The van der Waals surface area contributed by atoms with Crippen LogP contribution < -0.4 is 9.64 Å². The number of fused-ring (bicyclic) bond motifs is 1. The van der Waals surface area contributed by atoms with Gasteiger partial charge in [0.05, 0.1) is 13.1 Å². The smallest absolute Gasteiger partial charge is 0.228 e. The van der Waals surface area contributed by atoms with E-state index in [1.165, 1.54) is 0 Å². The van der Waals surface area contributed by atoms with E-state index in [1.54, 1.807) is 17.0 Å². The van der Waals surface area contributed by atoms with E-state index in [1.807, 2.05) is 57.3 Å². The van der Waals surface area contributed by atoms with Crippen molar-refractivity contribution in [1.29, 1.82) is 0 Å². The maximum atomic E-state index is 12.8. The van der Waals surface area contributed by atoms with Gasteiger partial charge >= 0.3 is 0 Å². The number of hydrogen-bond acceptors (Lipinski definition) is 6. The minimum Gasteiger partial charge on any atom is -0.508 e. The van der Waals surface area contributed by atoms with Crippen LogP contribution in [0.5, 0.6) is 11.5 Å². The number of aromatic nitrogens is 2. The van der Waals surface area contributed by atoms with Gasteiger partial charge in [0.1, 0.15) is 29.7 Å². The summed E-state index contributed by atoms with van der Waals surface area (Å²) in [6.45, 7) is 6.09. The average molecular weight is 447 g/mol. The van der Waals surface area contributed by atoms with E-state index < -0.39 is 0 Å². The Balaban J connectivity index is 1.47. The van der Waals surface area contributed by atoms with Crippen LogP contribution in [0.2, 0.25) is 0 Å². The monoisotopic (exact) mass is 446 g/mol. The maximum absolute atomic E-state index is 12.8. The Hall–Kier alpha value is -3.45. The molecule has 7 nitrogen and oxygen atoms in total. The van der Waals surface area contributed by atoms with Gasteiger partial charge in [-0.1, -0.05) is 30.3 Å². The summed E-state index contributed by atoms with van der Waals surface area (Å²) in [5.74, 6) is 2.55. The van der Waals surface area contributed by atoms with Gasteiger partial charge in [-0.15, -0.1) is 0 Å². The first kappa shape index (κ1) is 22.7. The predicted molar refractivity (Wildman–Crippen MR) is 127 cm³/mol. The van der Waals surface area contributed by atoms with Crippen molar-refractivity contribution in [2.45, 2.75) is 39.8 Å². The first-order chi connectivity index (χ1) is 15.9. The molecule has 0 aliphatic carbocycles. The number of rotatable bonds is 8. The van der Waals surface area contributed by atoms with E-state index in [2.05, 4.69) is 4.90 Å². The second kappa shape index (κ2) is 10.0. The molecule has 1 N–H and O–H groups in total. The molecule has 1 aliphatic heterocycles. The van der Waals surface area contributed by atoms with Gasteiger partial charge in [-0.05, 0) is 56.6 Å². The summed E-state index contributed by atoms with van der Waals surface area (Å²) in [4.78, 5) is 26.1. The number of aryl methyl sites for hydroxylation is 2. The third kappa shape index (κ3) is 5.49. The van der Waals surface area contributed by atoms with E-state index in [0.29, 0.717) is 50.7 Å². The molecule has 2 heterocycles. The molecule has 0 fully saturated rings. The Morgan fingerprint density at radius 3 is 2.55 bits per heavy atom. The summed E-state index contributed by atoms with van der Waals surface area (Å²) in [5, 5.41) is 9.48. The minimum absolute atomic E-state index is 0.0670. The highest BCUT2D eigenvalue weighted by Crippen LogP contribution is 2.28. The molecule has 0 radical (unpaired) electrons. The number of hydrogen-bond donors (Lipinski definition) is 1. The molecule has 1 amide bonds. The Kier molecular flexibility index (Phi) is 6.89. The Morgan fingerprint density at radius 1 is 1.03 bits per heavy atom. The Bertz CT molecular complexity index is 1130. The average Bonchev–Trinajstić information content (AvgIpc) is 2.78. The fraction of sp³-hybridized carbons (Fsp3) is 0.346. The molecule has 3 aromatic rings. The summed E-state index contributed by atoms with van der Waals surface area (Å²) < 4.78 is 5.94. The van der Waals surface area contributed by atoms with Gasteiger partial charge < -0.3 is 9.84 Å². The van der Waals surface area contributed by atoms with Crippen LogP contribution in [0.4, 0.5) is 5.82 Å². The highest BCUT2D eigenvalue weighted by atomic mass is 16.5. The molecule has 0 atom stereocenters. The summed E-state index contributed by atoms with van der Waals surface area (Å²) in [6.07, 6.45) is 1.13. The highest BCUT2D eigenvalue weighted by Gasteiger charge is 2.28. The molecule has 1 aliphatic rings. The molecule has 4 rings (SSSR count). The topological polar surface area (TPSA) is 78.8 Å². The largest absolute Gasteiger partial charge is 0.508 e. The van der Waals surface area contributed by atoms with Crippen molar-refractivity contribution in [3.63, 3.8) is 0 Å². The maximum Gasteiger partial charge on any atom is 0.228 e. The molecule has 1 aromatic heterocycles. The first-order valence-electron chi connectivity index (χ1n) is 11.2. The number of phenolic OH excluding ortho intramolecular Hbond substituents is 1. The van der Waals surface area contributed by atoms with Gasteiger partial charge in [-0.2, -0.15) is 0 Å². The predicted octanol–water partition coefficient (Wildman–Crippen LogP) is 3.79. The number of benzene rings is 2. The van der Waals surface area contributed by atoms with Crippen molar-refractivity contribution in [1.82, 2.24) is 14.9 Å². The summed E-state index contributed by atoms with van der Waals surface area (Å²) in [6, 6.07) is 15.0. The van der Waals surface area contributed by atoms with Crippen molar-refractivity contribution in [2.24, 2.45) is 0 Å². The van der Waals surface area contributed by atoms with Gasteiger partial charge in [0.15, 0.2) is 0 Å². The van der Waals surface area contributed by atoms with Gasteiger partial charge in [0.25, 0.3) is 0 Å². The third-order valence-electron chi connectivity index (χ3n) is 5.85. The highest BCUT2D eigenvalue weighted by molar-refractivity contribution is 5.95. The summed E-state index contributed by atoms with van der Waals surface area (Å²) in [5.41, 5.74) is 4.12. The first-order valence-corrected chi connectivity index (χ1v) is 11.2. The number of carbonyl (C=O) groups is 1. The van der Waals surface area contributed by atoms with Crippen LogP contribution in [0.15, 0.2) is 48.5 Å². The zero-order chi connectivity index (χ0) is 23.4. The van der Waals surface area contributed by atoms with Crippen molar-refractivity contribution in [3.05, 3.63) is 76.7 Å². The number of carbonyl (C=O) groups excluding carboxylic acids is 1. The standard InChI is InChI=1S/C26H30N4O3/c1-18-6-4-5-7-23(18)33-15-14-30-25(32)13-12-22-19(2)27-24(28-26(22)30)17-29(3)16-20-8-10-21(31)11-9-20/h4-11,31H,12-17H2,1-3H3. The molecular weight excluding hydrogens is 416 g/mol. The molecule has 0 bridgehead atoms. The Morgan fingerprint density at radius 2 is 1.79 bits per heavy atom. The van der Waals surface area contributed by atoms with Gasteiger partial charge in [0.2, 0.25) is 5.91 Å². The molecule has 172 valence electrons. The lowest BCUT2D eigenvalue weighted by Gasteiger charge is -2.29. The Labute approximate surface area is 194 Å². The van der Waals surface area contributed by atoms with E-state index in [9.17, 15) is 9.90 Å². The molecular formula is C26H30N4O3. The summed E-state index contributed by atoms with van der Waals surface area (Å²) in [7, 11) is 2.00. The molecule has 7 heteroatoms. The molecule has 2 aromatic carbocycles. The number of phenols is 1. The van der Waals surface area contributed by atoms with E-state index in [4.69, 9.17) is 14.7 Å². The van der Waals surface area contributed by atoms with E-state index in [-0.39, 0.29) is 11.7 Å². The zero-order valence-electron chi connectivity index (χ0n) is 19.4. The van der Waals surface area contributed by atoms with Crippen molar-refractivity contribution in [3.8, 4) is 11.5 Å². The lowest BCUT2D eigenvalue weighted by Crippen LogP contribution is -2.39. The van der Waals surface area contributed by atoms with Crippen molar-refractivity contribution < 1.29 is 14.6 Å². The van der Waals surface area contributed by atoms with Crippen LogP contribution in [0, 0.1) is 13.8 Å². The third-order valence-corrected chi connectivity index (χ3v) is 5.85. The normalized spacial score (nSPS) is 13.3. The number of aromatic hydroxyl groups is 1. The van der Waals surface area contributed by atoms with Crippen LogP contribution in [0.3, 0.4) is 0 Å². The number of nitrogens with zero attached hydrogens (tertiary/aromatic N) is 4. The molecule has 33 heavy (non-hydrogen) atoms. The van der Waals surface area contributed by atoms with Gasteiger partial charge in [-0.25, -0.2) is 9.97 Å². The molecule has 0 spiro atoms. The van der Waals surface area contributed by atoms with Crippen LogP contribution >= 0.6 is 0 Å².